The standard InChI is InChI=1S/C25H25F3N2O2S/c1-17-13-20(15-30-22(24(29)31)14-18-5-3-2-4-6-18)9-12-23(17)32-16-19-7-10-21(11-8-19)33-25(26,27)28/h2-13,22,30H,14-16H2,1H3,(H2,29,31)/t22-/m0/s1. The molecule has 0 aromatic heterocycles. The van der Waals surface area contributed by atoms with E-state index in [2.05, 4.69) is 5.32 Å². The van der Waals surface area contributed by atoms with Crippen LogP contribution in [0.4, 0.5) is 13.2 Å². The summed E-state index contributed by atoms with van der Waals surface area (Å²) in [6.45, 7) is 2.63. The Labute approximate surface area is 195 Å². The second-order valence-electron chi connectivity index (χ2n) is 7.61. The van der Waals surface area contributed by atoms with Gasteiger partial charge in [0.15, 0.2) is 0 Å². The Hall–Kier alpha value is -2.97. The van der Waals surface area contributed by atoms with Crippen molar-refractivity contribution in [2.75, 3.05) is 0 Å². The Balaban J connectivity index is 1.54. The van der Waals surface area contributed by atoms with Crippen LogP contribution in [0.5, 0.6) is 5.75 Å². The van der Waals surface area contributed by atoms with Crippen molar-refractivity contribution in [2.24, 2.45) is 5.73 Å². The second kappa shape index (κ2) is 11.2. The van der Waals surface area contributed by atoms with Gasteiger partial charge in [-0.2, -0.15) is 13.2 Å². The summed E-state index contributed by atoms with van der Waals surface area (Å²) in [4.78, 5) is 12.0. The Bertz CT molecular complexity index is 1060. The summed E-state index contributed by atoms with van der Waals surface area (Å²) in [5, 5.41) is 3.21. The Kier molecular flexibility index (Phi) is 8.41. The van der Waals surface area contributed by atoms with E-state index < -0.39 is 17.5 Å². The highest BCUT2D eigenvalue weighted by molar-refractivity contribution is 8.00. The van der Waals surface area contributed by atoms with Gasteiger partial charge in [0.25, 0.3) is 0 Å². The molecule has 1 amide bonds. The zero-order valence-electron chi connectivity index (χ0n) is 18.1. The van der Waals surface area contributed by atoms with E-state index in [0.717, 1.165) is 22.3 Å². The normalized spacial score (nSPS) is 12.4. The van der Waals surface area contributed by atoms with Crippen LogP contribution in [0.25, 0.3) is 0 Å². The van der Waals surface area contributed by atoms with E-state index in [1.54, 1.807) is 12.1 Å². The lowest BCUT2D eigenvalue weighted by Gasteiger charge is -2.16. The molecule has 0 saturated carbocycles. The topological polar surface area (TPSA) is 64.3 Å². The first-order valence-corrected chi connectivity index (χ1v) is 11.1. The first kappa shape index (κ1) is 24.7. The predicted octanol–water partition coefficient (Wildman–Crippen LogP) is 5.37. The summed E-state index contributed by atoms with van der Waals surface area (Å²) in [5.41, 5.74) is 4.95. The van der Waals surface area contributed by atoms with Crippen LogP contribution in [0.1, 0.15) is 22.3 Å². The first-order chi connectivity index (χ1) is 15.7. The van der Waals surface area contributed by atoms with E-state index in [9.17, 15) is 18.0 Å². The summed E-state index contributed by atoms with van der Waals surface area (Å²) in [6.07, 6.45) is 0.511. The minimum Gasteiger partial charge on any atom is -0.489 e. The lowest BCUT2D eigenvalue weighted by Crippen LogP contribution is -2.42. The second-order valence-corrected chi connectivity index (χ2v) is 8.74. The number of ether oxygens (including phenoxy) is 1. The summed E-state index contributed by atoms with van der Waals surface area (Å²) in [5.74, 6) is 0.276. The van der Waals surface area contributed by atoms with Gasteiger partial charge in [0.1, 0.15) is 12.4 Å². The molecule has 0 aliphatic carbocycles. The van der Waals surface area contributed by atoms with Crippen molar-refractivity contribution >= 4 is 17.7 Å². The quantitative estimate of drug-likeness (QED) is 0.388. The number of nitrogens with two attached hydrogens (primary N) is 1. The van der Waals surface area contributed by atoms with Crippen LogP contribution in [0.15, 0.2) is 77.7 Å². The van der Waals surface area contributed by atoms with Gasteiger partial charge < -0.3 is 15.8 Å². The fourth-order valence-electron chi connectivity index (χ4n) is 3.30. The third-order valence-electron chi connectivity index (χ3n) is 4.97. The van der Waals surface area contributed by atoms with Crippen LogP contribution in [-0.2, 0) is 24.4 Å². The lowest BCUT2D eigenvalue weighted by molar-refractivity contribution is -0.120. The number of nitrogens with one attached hydrogen (secondary N) is 1. The Morgan fingerprint density at radius 2 is 1.67 bits per heavy atom. The fourth-order valence-corrected chi connectivity index (χ4v) is 3.84. The number of thioether (sulfide) groups is 1. The number of carbonyl (C=O) groups excluding carboxylic acids is 1. The first-order valence-electron chi connectivity index (χ1n) is 10.3. The molecule has 3 aromatic carbocycles. The molecule has 0 radical (unpaired) electrons. The van der Waals surface area contributed by atoms with Crippen molar-refractivity contribution in [2.45, 2.75) is 42.9 Å². The van der Waals surface area contributed by atoms with Crippen molar-refractivity contribution < 1.29 is 22.7 Å². The molecule has 0 bridgehead atoms. The van der Waals surface area contributed by atoms with Crippen molar-refractivity contribution in [3.63, 3.8) is 0 Å². The van der Waals surface area contributed by atoms with Crippen LogP contribution in [0.2, 0.25) is 0 Å². The Morgan fingerprint density at radius 1 is 1.00 bits per heavy atom. The average molecular weight is 475 g/mol. The maximum Gasteiger partial charge on any atom is 0.446 e. The van der Waals surface area contributed by atoms with Crippen molar-refractivity contribution in [1.29, 1.82) is 0 Å². The highest BCUT2D eigenvalue weighted by Gasteiger charge is 2.29. The molecule has 0 aliphatic rings. The zero-order valence-corrected chi connectivity index (χ0v) is 18.9. The van der Waals surface area contributed by atoms with Gasteiger partial charge in [-0.15, -0.1) is 0 Å². The number of rotatable bonds is 10. The number of primary amides is 1. The minimum atomic E-state index is -4.30. The lowest BCUT2D eigenvalue weighted by atomic mass is 10.0. The highest BCUT2D eigenvalue weighted by atomic mass is 32.2. The number of carbonyl (C=O) groups is 1. The predicted molar refractivity (Wildman–Crippen MR) is 124 cm³/mol. The van der Waals surface area contributed by atoms with Gasteiger partial charge in [-0.1, -0.05) is 54.6 Å². The van der Waals surface area contributed by atoms with Gasteiger partial charge in [0.05, 0.1) is 6.04 Å². The van der Waals surface area contributed by atoms with Gasteiger partial charge in [-0.3, -0.25) is 4.79 Å². The van der Waals surface area contributed by atoms with Gasteiger partial charge >= 0.3 is 5.51 Å². The molecule has 174 valence electrons. The third kappa shape index (κ3) is 8.14. The Morgan fingerprint density at radius 3 is 2.27 bits per heavy atom. The van der Waals surface area contributed by atoms with E-state index in [4.69, 9.17) is 10.5 Å². The van der Waals surface area contributed by atoms with Gasteiger partial charge in [-0.05, 0) is 65.6 Å². The molecule has 1 atom stereocenters. The molecule has 33 heavy (non-hydrogen) atoms. The maximum atomic E-state index is 12.4. The van der Waals surface area contributed by atoms with Crippen LogP contribution < -0.4 is 15.8 Å². The largest absolute Gasteiger partial charge is 0.489 e. The minimum absolute atomic E-state index is 0.139. The van der Waals surface area contributed by atoms with Crippen molar-refractivity contribution in [3.05, 3.63) is 95.1 Å². The van der Waals surface area contributed by atoms with E-state index in [0.29, 0.717) is 18.7 Å². The molecule has 0 unspecified atom stereocenters. The average Bonchev–Trinajstić information content (AvgIpc) is 2.76. The SMILES string of the molecule is Cc1cc(CN[C@@H](Cc2ccccc2)C(N)=O)ccc1OCc1ccc(SC(F)(F)F)cc1. The molecule has 3 aromatic rings. The van der Waals surface area contributed by atoms with E-state index in [-0.39, 0.29) is 23.3 Å². The van der Waals surface area contributed by atoms with Crippen LogP contribution >= 0.6 is 11.8 Å². The van der Waals surface area contributed by atoms with Crippen molar-refractivity contribution in [3.8, 4) is 5.75 Å². The molecule has 8 heteroatoms. The van der Waals surface area contributed by atoms with Crippen molar-refractivity contribution in [1.82, 2.24) is 5.32 Å². The highest BCUT2D eigenvalue weighted by Crippen LogP contribution is 2.36. The van der Waals surface area contributed by atoms with Gasteiger partial charge in [0.2, 0.25) is 5.91 Å². The molecule has 3 rings (SSSR count). The summed E-state index contributed by atoms with van der Waals surface area (Å²) in [6, 6.07) is 21.0. The molecule has 0 saturated heterocycles. The molecular weight excluding hydrogens is 449 g/mol. The molecule has 3 N–H and O–H groups in total. The maximum absolute atomic E-state index is 12.4. The monoisotopic (exact) mass is 474 g/mol. The molecule has 0 spiro atoms. The van der Waals surface area contributed by atoms with E-state index in [1.165, 1.54) is 12.1 Å². The van der Waals surface area contributed by atoms with Gasteiger partial charge in [-0.25, -0.2) is 0 Å². The molecule has 4 nitrogen and oxygen atoms in total. The molecule has 0 heterocycles. The summed E-state index contributed by atoms with van der Waals surface area (Å²) in [7, 11) is 0. The number of hydrogen-bond acceptors (Lipinski definition) is 4. The van der Waals surface area contributed by atoms with Crippen LogP contribution in [-0.4, -0.2) is 17.5 Å². The molecule has 0 fully saturated rings. The summed E-state index contributed by atoms with van der Waals surface area (Å²) < 4.78 is 43.1. The number of alkyl halides is 3. The van der Waals surface area contributed by atoms with E-state index in [1.807, 2.05) is 55.5 Å². The van der Waals surface area contributed by atoms with Crippen LogP contribution in [0, 0.1) is 6.92 Å². The summed E-state index contributed by atoms with van der Waals surface area (Å²) >= 11 is -0.139. The molecule has 0 aliphatic heterocycles. The van der Waals surface area contributed by atoms with Crippen LogP contribution in [0.3, 0.4) is 0 Å². The number of amides is 1. The number of hydrogen-bond donors (Lipinski definition) is 2. The smallest absolute Gasteiger partial charge is 0.446 e. The van der Waals surface area contributed by atoms with E-state index >= 15 is 0 Å². The zero-order chi connectivity index (χ0) is 23.8. The molecular formula is C25H25F3N2O2S. The van der Waals surface area contributed by atoms with Gasteiger partial charge in [0, 0.05) is 11.4 Å². The number of halogens is 3. The third-order valence-corrected chi connectivity index (χ3v) is 5.71. The number of benzene rings is 3. The fraction of sp³-hybridized carbons (Fsp3) is 0.240. The number of aryl methyl sites for hydroxylation is 1.